The number of rotatable bonds is 2. The van der Waals surface area contributed by atoms with Crippen LogP contribution < -0.4 is 11.1 Å². The molecule has 0 heterocycles. The van der Waals surface area contributed by atoms with Crippen LogP contribution in [0.2, 0.25) is 0 Å². The van der Waals surface area contributed by atoms with E-state index in [4.69, 9.17) is 5.73 Å². The first-order chi connectivity index (χ1) is 8.99. The van der Waals surface area contributed by atoms with Crippen molar-refractivity contribution in [1.29, 1.82) is 0 Å². The van der Waals surface area contributed by atoms with Crippen molar-refractivity contribution in [3.8, 4) is 0 Å². The molecule has 0 aliphatic heterocycles. The van der Waals surface area contributed by atoms with Gasteiger partial charge in [0, 0.05) is 17.8 Å². The molecule has 0 atom stereocenters. The van der Waals surface area contributed by atoms with Crippen LogP contribution in [0.15, 0.2) is 36.4 Å². The molecule has 0 aromatic heterocycles. The lowest BCUT2D eigenvalue weighted by molar-refractivity contribution is 0.102. The third-order valence-corrected chi connectivity index (χ3v) is 2.45. The predicted octanol–water partition coefficient (Wildman–Crippen LogP) is 2.94. The molecule has 3 N–H and O–H groups in total. The first kappa shape index (κ1) is 12.9. The average molecular weight is 266 g/mol. The van der Waals surface area contributed by atoms with Crippen LogP contribution in [0.25, 0.3) is 0 Å². The SMILES string of the molecule is Nc1ccccc1C(=O)Nc1c(F)cc(F)cc1F. The molecule has 6 heteroatoms. The van der Waals surface area contributed by atoms with Gasteiger partial charge in [-0.25, -0.2) is 13.2 Å². The average Bonchev–Trinajstić information content (AvgIpc) is 2.34. The first-order valence-electron chi connectivity index (χ1n) is 5.29. The topological polar surface area (TPSA) is 55.1 Å². The molecule has 2 aromatic carbocycles. The van der Waals surface area contributed by atoms with E-state index in [-0.39, 0.29) is 11.3 Å². The summed E-state index contributed by atoms with van der Waals surface area (Å²) in [6.45, 7) is 0. The number of amides is 1. The summed E-state index contributed by atoms with van der Waals surface area (Å²) in [4.78, 5) is 11.8. The first-order valence-corrected chi connectivity index (χ1v) is 5.29. The number of anilines is 2. The number of para-hydroxylation sites is 1. The van der Waals surface area contributed by atoms with Gasteiger partial charge in [0.05, 0.1) is 5.56 Å². The lowest BCUT2D eigenvalue weighted by atomic mass is 10.1. The van der Waals surface area contributed by atoms with Crippen molar-refractivity contribution in [2.24, 2.45) is 0 Å². The Labute approximate surface area is 106 Å². The van der Waals surface area contributed by atoms with E-state index in [2.05, 4.69) is 0 Å². The summed E-state index contributed by atoms with van der Waals surface area (Å²) >= 11 is 0. The molecule has 2 rings (SSSR count). The van der Waals surface area contributed by atoms with E-state index in [0.717, 1.165) is 0 Å². The number of carbonyl (C=O) groups excluding carboxylic acids is 1. The Bertz CT molecular complexity index is 621. The maximum Gasteiger partial charge on any atom is 0.257 e. The van der Waals surface area contributed by atoms with Gasteiger partial charge in [-0.3, -0.25) is 4.79 Å². The van der Waals surface area contributed by atoms with Crippen molar-refractivity contribution in [1.82, 2.24) is 0 Å². The lowest BCUT2D eigenvalue weighted by Crippen LogP contribution is -2.16. The number of halogens is 3. The number of hydrogen-bond acceptors (Lipinski definition) is 2. The molecule has 19 heavy (non-hydrogen) atoms. The molecule has 0 aliphatic rings. The fourth-order valence-electron chi connectivity index (χ4n) is 1.55. The van der Waals surface area contributed by atoms with Gasteiger partial charge in [-0.05, 0) is 12.1 Å². The Morgan fingerprint density at radius 3 is 2.21 bits per heavy atom. The summed E-state index contributed by atoms with van der Waals surface area (Å²) in [6.07, 6.45) is 0. The quantitative estimate of drug-likeness (QED) is 0.821. The highest BCUT2D eigenvalue weighted by Crippen LogP contribution is 2.21. The Morgan fingerprint density at radius 2 is 1.63 bits per heavy atom. The second-order valence-corrected chi connectivity index (χ2v) is 3.79. The molecule has 0 bridgehead atoms. The van der Waals surface area contributed by atoms with Crippen molar-refractivity contribution < 1.29 is 18.0 Å². The normalized spacial score (nSPS) is 10.3. The zero-order valence-electron chi connectivity index (χ0n) is 9.58. The van der Waals surface area contributed by atoms with Crippen LogP contribution in [-0.4, -0.2) is 5.91 Å². The maximum absolute atomic E-state index is 13.4. The second-order valence-electron chi connectivity index (χ2n) is 3.79. The standard InChI is InChI=1S/C13H9F3N2O/c14-7-5-9(15)12(10(16)6-7)18-13(19)8-3-1-2-4-11(8)17/h1-6H,17H2,(H,18,19). The van der Waals surface area contributed by atoms with Crippen LogP contribution >= 0.6 is 0 Å². The highest BCUT2D eigenvalue weighted by atomic mass is 19.1. The fourth-order valence-corrected chi connectivity index (χ4v) is 1.55. The van der Waals surface area contributed by atoms with Crippen LogP contribution in [0.4, 0.5) is 24.5 Å². The van der Waals surface area contributed by atoms with Gasteiger partial charge >= 0.3 is 0 Å². The van der Waals surface area contributed by atoms with Crippen LogP contribution in [-0.2, 0) is 0 Å². The van der Waals surface area contributed by atoms with E-state index >= 15 is 0 Å². The van der Waals surface area contributed by atoms with E-state index in [1.165, 1.54) is 12.1 Å². The van der Waals surface area contributed by atoms with Gasteiger partial charge in [0.25, 0.3) is 5.91 Å². The van der Waals surface area contributed by atoms with E-state index in [9.17, 15) is 18.0 Å². The maximum atomic E-state index is 13.4. The van der Waals surface area contributed by atoms with Crippen LogP contribution in [0, 0.1) is 17.5 Å². The van der Waals surface area contributed by atoms with Crippen molar-refractivity contribution in [3.05, 3.63) is 59.4 Å². The molecule has 0 fully saturated rings. The number of hydrogen-bond donors (Lipinski definition) is 2. The molecular weight excluding hydrogens is 257 g/mol. The summed E-state index contributed by atoms with van der Waals surface area (Å²) in [5, 5.41) is 2.03. The Hall–Kier alpha value is -2.50. The summed E-state index contributed by atoms with van der Waals surface area (Å²) < 4.78 is 39.4. The molecule has 0 spiro atoms. The smallest absolute Gasteiger partial charge is 0.257 e. The molecular formula is C13H9F3N2O. The van der Waals surface area contributed by atoms with Gasteiger partial charge in [0.2, 0.25) is 0 Å². The summed E-state index contributed by atoms with van der Waals surface area (Å²) in [7, 11) is 0. The fraction of sp³-hybridized carbons (Fsp3) is 0. The highest BCUT2D eigenvalue weighted by molar-refractivity contribution is 6.07. The monoisotopic (exact) mass is 266 g/mol. The Kier molecular flexibility index (Phi) is 3.41. The number of carbonyl (C=O) groups is 1. The third-order valence-electron chi connectivity index (χ3n) is 2.45. The molecule has 0 aliphatic carbocycles. The minimum Gasteiger partial charge on any atom is -0.398 e. The Morgan fingerprint density at radius 1 is 1.05 bits per heavy atom. The predicted molar refractivity (Wildman–Crippen MR) is 65.1 cm³/mol. The zero-order chi connectivity index (χ0) is 14.0. The van der Waals surface area contributed by atoms with Crippen molar-refractivity contribution in [2.75, 3.05) is 11.1 Å². The summed E-state index contributed by atoms with van der Waals surface area (Å²) in [5.74, 6) is -4.23. The van der Waals surface area contributed by atoms with Crippen molar-refractivity contribution in [2.45, 2.75) is 0 Å². The molecule has 0 saturated carbocycles. The third kappa shape index (κ3) is 2.67. The largest absolute Gasteiger partial charge is 0.398 e. The van der Waals surface area contributed by atoms with Gasteiger partial charge in [0.1, 0.15) is 11.5 Å². The van der Waals surface area contributed by atoms with Gasteiger partial charge in [0.15, 0.2) is 11.6 Å². The number of nitrogen functional groups attached to an aromatic ring is 1. The molecule has 1 amide bonds. The lowest BCUT2D eigenvalue weighted by Gasteiger charge is -2.09. The van der Waals surface area contributed by atoms with E-state index in [1.807, 2.05) is 5.32 Å². The van der Waals surface area contributed by atoms with Crippen molar-refractivity contribution >= 4 is 17.3 Å². The van der Waals surface area contributed by atoms with E-state index in [1.54, 1.807) is 12.1 Å². The minimum absolute atomic E-state index is 0.0747. The van der Waals surface area contributed by atoms with Gasteiger partial charge in [-0.2, -0.15) is 0 Å². The molecule has 0 radical (unpaired) electrons. The van der Waals surface area contributed by atoms with Crippen LogP contribution in [0.1, 0.15) is 10.4 Å². The van der Waals surface area contributed by atoms with Gasteiger partial charge in [-0.15, -0.1) is 0 Å². The summed E-state index contributed by atoms with van der Waals surface area (Å²) in [5.41, 5.74) is 5.10. The molecule has 0 saturated heterocycles. The van der Waals surface area contributed by atoms with Gasteiger partial charge in [-0.1, -0.05) is 12.1 Å². The Balaban J connectivity index is 2.32. The highest BCUT2D eigenvalue weighted by Gasteiger charge is 2.16. The second kappa shape index (κ2) is 5.01. The van der Waals surface area contributed by atoms with E-state index < -0.39 is 29.0 Å². The minimum atomic E-state index is -1.19. The molecule has 3 nitrogen and oxygen atoms in total. The molecule has 2 aromatic rings. The number of nitrogens with two attached hydrogens (primary N) is 1. The van der Waals surface area contributed by atoms with Crippen LogP contribution in [0.5, 0.6) is 0 Å². The number of nitrogens with one attached hydrogen (secondary N) is 1. The number of benzene rings is 2. The summed E-state index contributed by atoms with van der Waals surface area (Å²) in [6, 6.07) is 7.02. The van der Waals surface area contributed by atoms with Gasteiger partial charge < -0.3 is 11.1 Å². The molecule has 0 unspecified atom stereocenters. The van der Waals surface area contributed by atoms with Crippen LogP contribution in [0.3, 0.4) is 0 Å². The van der Waals surface area contributed by atoms with E-state index in [0.29, 0.717) is 12.1 Å². The molecule has 98 valence electrons. The zero-order valence-corrected chi connectivity index (χ0v) is 9.58. The van der Waals surface area contributed by atoms with Crippen molar-refractivity contribution in [3.63, 3.8) is 0 Å².